The fourth-order valence-electron chi connectivity index (χ4n) is 3.81. The fourth-order valence-corrected chi connectivity index (χ4v) is 4.88. The van der Waals surface area contributed by atoms with Gasteiger partial charge in [0.15, 0.2) is 11.5 Å². The molecule has 0 atom stereocenters. The second-order valence-electron chi connectivity index (χ2n) is 7.28. The van der Waals surface area contributed by atoms with Gasteiger partial charge in [0.2, 0.25) is 0 Å². The van der Waals surface area contributed by atoms with Crippen LogP contribution in [0.1, 0.15) is 21.8 Å². The molecule has 4 rings (SSSR count). The number of aromatic nitrogens is 2. The van der Waals surface area contributed by atoms with Gasteiger partial charge in [-0.25, -0.2) is 4.98 Å². The molecule has 0 aliphatic carbocycles. The first-order valence-electron chi connectivity index (χ1n) is 9.83. The van der Waals surface area contributed by atoms with E-state index in [0.29, 0.717) is 29.1 Å². The van der Waals surface area contributed by atoms with Crippen molar-refractivity contribution in [3.05, 3.63) is 68.6 Å². The van der Waals surface area contributed by atoms with Gasteiger partial charge in [-0.1, -0.05) is 12.1 Å². The van der Waals surface area contributed by atoms with Crippen LogP contribution in [0.4, 0.5) is 0 Å². The van der Waals surface area contributed by atoms with Crippen LogP contribution in [0.2, 0.25) is 0 Å². The third kappa shape index (κ3) is 3.88. The molecule has 160 valence electrons. The van der Waals surface area contributed by atoms with Crippen molar-refractivity contribution < 1.29 is 14.2 Å². The zero-order valence-corrected chi connectivity index (χ0v) is 19.0. The van der Waals surface area contributed by atoms with Crippen molar-refractivity contribution in [3.8, 4) is 28.4 Å². The molecule has 2 heterocycles. The second kappa shape index (κ2) is 8.43. The number of aromatic amines is 1. The quantitative estimate of drug-likeness (QED) is 0.466. The summed E-state index contributed by atoms with van der Waals surface area (Å²) in [6.45, 7) is 4.02. The van der Waals surface area contributed by atoms with Crippen LogP contribution in [-0.4, -0.2) is 31.3 Å². The van der Waals surface area contributed by atoms with Gasteiger partial charge in [0.25, 0.3) is 5.56 Å². The first-order chi connectivity index (χ1) is 14.9. The third-order valence-electron chi connectivity index (χ3n) is 5.29. The maximum atomic E-state index is 13.1. The Morgan fingerprint density at radius 2 is 1.65 bits per heavy atom. The normalized spacial score (nSPS) is 11.0. The highest BCUT2D eigenvalue weighted by Crippen LogP contribution is 2.37. The maximum absolute atomic E-state index is 13.1. The Morgan fingerprint density at radius 3 is 2.32 bits per heavy atom. The molecule has 7 heteroatoms. The molecule has 31 heavy (non-hydrogen) atoms. The standard InChI is InChI=1S/C24H24N2O4S/c1-13-10-16(7-9-17(13)28-3)21-14(2)31-24-22(21)23(27)25-20(26-24)12-15-6-8-18(29-4)19(11-15)30-5/h6-11H,12H2,1-5H3,(H,25,26,27). The van der Waals surface area contributed by atoms with Crippen molar-refractivity contribution in [2.75, 3.05) is 21.3 Å². The molecule has 0 bridgehead atoms. The smallest absolute Gasteiger partial charge is 0.260 e. The summed E-state index contributed by atoms with van der Waals surface area (Å²) in [5.74, 6) is 2.75. The van der Waals surface area contributed by atoms with Crippen molar-refractivity contribution in [1.29, 1.82) is 0 Å². The number of nitrogens with zero attached hydrogens (tertiary/aromatic N) is 1. The van der Waals surface area contributed by atoms with Gasteiger partial charge < -0.3 is 19.2 Å². The van der Waals surface area contributed by atoms with Crippen molar-refractivity contribution in [3.63, 3.8) is 0 Å². The summed E-state index contributed by atoms with van der Waals surface area (Å²) in [6, 6.07) is 11.7. The van der Waals surface area contributed by atoms with Gasteiger partial charge in [0.1, 0.15) is 16.4 Å². The molecular formula is C24H24N2O4S. The molecule has 2 aromatic heterocycles. The number of benzene rings is 2. The minimum atomic E-state index is -0.131. The fraction of sp³-hybridized carbons (Fsp3) is 0.250. The van der Waals surface area contributed by atoms with Gasteiger partial charge in [-0.05, 0) is 54.8 Å². The molecule has 0 aliphatic heterocycles. The van der Waals surface area contributed by atoms with E-state index < -0.39 is 0 Å². The first-order valence-corrected chi connectivity index (χ1v) is 10.6. The van der Waals surface area contributed by atoms with E-state index in [4.69, 9.17) is 19.2 Å². The number of H-pyrrole nitrogens is 1. The molecule has 6 nitrogen and oxygen atoms in total. The van der Waals surface area contributed by atoms with Gasteiger partial charge >= 0.3 is 0 Å². The maximum Gasteiger partial charge on any atom is 0.260 e. The number of aryl methyl sites for hydroxylation is 2. The van der Waals surface area contributed by atoms with Gasteiger partial charge in [-0.15, -0.1) is 11.3 Å². The van der Waals surface area contributed by atoms with Crippen molar-refractivity contribution in [1.82, 2.24) is 9.97 Å². The van der Waals surface area contributed by atoms with Gasteiger partial charge in [0.05, 0.1) is 26.7 Å². The van der Waals surface area contributed by atoms with E-state index in [1.807, 2.05) is 50.2 Å². The number of nitrogens with one attached hydrogen (secondary N) is 1. The molecule has 0 radical (unpaired) electrons. The van der Waals surface area contributed by atoms with E-state index >= 15 is 0 Å². The monoisotopic (exact) mass is 436 g/mol. The number of fused-ring (bicyclic) bond motifs is 1. The lowest BCUT2D eigenvalue weighted by atomic mass is 10.0. The zero-order chi connectivity index (χ0) is 22.1. The highest BCUT2D eigenvalue weighted by molar-refractivity contribution is 7.19. The number of hydrogen-bond acceptors (Lipinski definition) is 6. The molecule has 2 aromatic carbocycles. The second-order valence-corrected chi connectivity index (χ2v) is 8.48. The van der Waals surface area contributed by atoms with E-state index in [1.165, 1.54) is 11.3 Å². The SMILES string of the molecule is COc1ccc(-c2c(C)sc3nc(Cc4ccc(OC)c(OC)c4)[nH]c(=O)c23)cc1C. The summed E-state index contributed by atoms with van der Waals surface area (Å²) in [6.07, 6.45) is 0.486. The highest BCUT2D eigenvalue weighted by atomic mass is 32.1. The lowest BCUT2D eigenvalue weighted by Gasteiger charge is -2.09. The number of methoxy groups -OCH3 is 3. The third-order valence-corrected chi connectivity index (χ3v) is 6.29. The van der Waals surface area contributed by atoms with E-state index in [9.17, 15) is 4.79 Å². The summed E-state index contributed by atoms with van der Waals surface area (Å²) in [5, 5.41) is 0.628. The number of rotatable bonds is 6. The lowest BCUT2D eigenvalue weighted by Crippen LogP contribution is -2.12. The van der Waals surface area contributed by atoms with Crippen LogP contribution in [0.25, 0.3) is 21.3 Å². The number of ether oxygens (including phenoxy) is 3. The van der Waals surface area contributed by atoms with Crippen LogP contribution in [0, 0.1) is 13.8 Å². The molecular weight excluding hydrogens is 412 g/mol. The van der Waals surface area contributed by atoms with Crippen LogP contribution in [0.5, 0.6) is 17.2 Å². The molecule has 0 spiro atoms. The lowest BCUT2D eigenvalue weighted by molar-refractivity contribution is 0.354. The van der Waals surface area contributed by atoms with Gasteiger partial charge in [-0.2, -0.15) is 0 Å². The van der Waals surface area contributed by atoms with Crippen molar-refractivity contribution in [2.24, 2.45) is 0 Å². The summed E-state index contributed by atoms with van der Waals surface area (Å²) in [5.41, 5.74) is 3.78. The van der Waals surface area contributed by atoms with Crippen LogP contribution in [-0.2, 0) is 6.42 Å². The Labute approximate surface area is 184 Å². The minimum Gasteiger partial charge on any atom is -0.496 e. The minimum absolute atomic E-state index is 0.131. The Bertz CT molecular complexity index is 1320. The average Bonchev–Trinajstić information content (AvgIpc) is 3.09. The highest BCUT2D eigenvalue weighted by Gasteiger charge is 2.18. The van der Waals surface area contributed by atoms with Crippen molar-refractivity contribution in [2.45, 2.75) is 20.3 Å². The topological polar surface area (TPSA) is 73.4 Å². The summed E-state index contributed by atoms with van der Waals surface area (Å²) >= 11 is 1.53. The molecule has 0 amide bonds. The summed E-state index contributed by atoms with van der Waals surface area (Å²) < 4.78 is 16.0. The predicted molar refractivity (Wildman–Crippen MR) is 124 cm³/mol. The van der Waals surface area contributed by atoms with Crippen LogP contribution in [0.3, 0.4) is 0 Å². The Balaban J connectivity index is 1.76. The number of hydrogen-bond donors (Lipinski definition) is 1. The molecule has 0 fully saturated rings. The Hall–Kier alpha value is -3.32. The molecule has 1 N–H and O–H groups in total. The summed E-state index contributed by atoms with van der Waals surface area (Å²) in [4.78, 5) is 22.6. The molecule has 0 saturated carbocycles. The molecule has 0 unspecified atom stereocenters. The van der Waals surface area contributed by atoms with Crippen LogP contribution < -0.4 is 19.8 Å². The molecule has 0 saturated heterocycles. The van der Waals surface area contributed by atoms with Gasteiger partial charge in [0, 0.05) is 16.9 Å². The molecule has 4 aromatic rings. The Kier molecular flexibility index (Phi) is 5.69. The first kappa shape index (κ1) is 20.9. The van der Waals surface area contributed by atoms with Crippen LogP contribution in [0.15, 0.2) is 41.2 Å². The van der Waals surface area contributed by atoms with E-state index in [1.54, 1.807) is 21.3 Å². The summed E-state index contributed by atoms with van der Waals surface area (Å²) in [7, 11) is 4.86. The van der Waals surface area contributed by atoms with E-state index in [2.05, 4.69) is 4.98 Å². The van der Waals surface area contributed by atoms with Gasteiger partial charge in [-0.3, -0.25) is 4.79 Å². The molecule has 0 aliphatic rings. The van der Waals surface area contributed by atoms with E-state index in [-0.39, 0.29) is 5.56 Å². The van der Waals surface area contributed by atoms with E-state index in [0.717, 1.165) is 37.7 Å². The zero-order valence-electron chi connectivity index (χ0n) is 18.2. The number of thiophene rings is 1. The Morgan fingerprint density at radius 1 is 0.935 bits per heavy atom. The van der Waals surface area contributed by atoms with Crippen molar-refractivity contribution >= 4 is 21.6 Å². The predicted octanol–water partition coefficient (Wildman–Crippen LogP) is 4.89. The van der Waals surface area contributed by atoms with Crippen LogP contribution >= 0.6 is 11.3 Å². The average molecular weight is 437 g/mol. The largest absolute Gasteiger partial charge is 0.496 e.